The number of nitrogens with zero attached hydrogens (tertiary/aromatic N) is 5. The number of carboxylic acid groups (broad SMARTS) is 2. The van der Waals surface area contributed by atoms with Gasteiger partial charge in [-0.1, -0.05) is 23.5 Å². The molecule has 2 aromatic rings. The quantitative estimate of drug-likeness (QED) is 0.265. The zero-order valence-electron chi connectivity index (χ0n) is 28.0. The molecule has 1 aliphatic heterocycles. The SMILES string of the molecule is CC(=O)Nc1nc(CCc2ccc(NC(N(C(=O)O)C(C)(C)C)N(C(=O)O)C(C)(C)C)cc2)c(C(=O)N2CCN(S(C)(=O)=O)CC2)s1. The van der Waals surface area contributed by atoms with E-state index >= 15 is 0 Å². The zero-order valence-corrected chi connectivity index (χ0v) is 29.7. The summed E-state index contributed by atoms with van der Waals surface area (Å²) in [5.41, 5.74) is -0.0139. The van der Waals surface area contributed by atoms with Gasteiger partial charge < -0.3 is 25.7 Å². The molecule has 0 atom stereocenters. The van der Waals surface area contributed by atoms with Gasteiger partial charge in [-0.25, -0.2) is 23.0 Å². The lowest BCUT2D eigenvalue weighted by molar-refractivity contribution is -0.114. The smallest absolute Gasteiger partial charge is 0.410 e. The summed E-state index contributed by atoms with van der Waals surface area (Å²) < 4.78 is 25.1. The van der Waals surface area contributed by atoms with Gasteiger partial charge in [-0.2, -0.15) is 4.31 Å². The molecule has 47 heavy (non-hydrogen) atoms. The average molecular weight is 696 g/mol. The first kappa shape index (κ1) is 37.5. The summed E-state index contributed by atoms with van der Waals surface area (Å²) >= 11 is 1.07. The topological polar surface area (TPSA) is 193 Å². The molecule has 0 radical (unpaired) electrons. The van der Waals surface area contributed by atoms with Gasteiger partial charge in [-0.05, 0) is 72.1 Å². The van der Waals surface area contributed by atoms with Gasteiger partial charge in [0.05, 0.1) is 11.9 Å². The Hall–Kier alpha value is -3.96. The van der Waals surface area contributed by atoms with E-state index in [1.165, 1.54) is 11.2 Å². The van der Waals surface area contributed by atoms with Crippen LogP contribution in [0.1, 0.15) is 69.4 Å². The van der Waals surface area contributed by atoms with Crippen molar-refractivity contribution >= 4 is 56.2 Å². The molecule has 15 nitrogen and oxygen atoms in total. The Morgan fingerprint density at radius 2 is 1.43 bits per heavy atom. The van der Waals surface area contributed by atoms with Crippen LogP contribution in [0.3, 0.4) is 0 Å². The van der Waals surface area contributed by atoms with Crippen molar-refractivity contribution in [3.05, 3.63) is 40.4 Å². The van der Waals surface area contributed by atoms with E-state index in [0.717, 1.165) is 33.0 Å². The maximum Gasteiger partial charge on any atom is 0.410 e. The second-order valence-electron chi connectivity index (χ2n) is 13.3. The fourth-order valence-corrected chi connectivity index (χ4v) is 7.05. The van der Waals surface area contributed by atoms with Crippen molar-refractivity contribution in [1.82, 2.24) is 24.0 Å². The molecule has 0 unspecified atom stereocenters. The monoisotopic (exact) mass is 695 g/mol. The molecule has 3 rings (SSSR count). The molecule has 1 aromatic carbocycles. The number of hydrogen-bond donors (Lipinski definition) is 4. The van der Waals surface area contributed by atoms with Crippen LogP contribution in [0, 0.1) is 0 Å². The normalized spacial score (nSPS) is 14.5. The van der Waals surface area contributed by atoms with Crippen molar-refractivity contribution in [2.24, 2.45) is 0 Å². The minimum absolute atomic E-state index is 0.193. The Morgan fingerprint density at radius 1 is 0.915 bits per heavy atom. The number of carbonyl (C=O) groups excluding carboxylic acids is 2. The molecule has 4 N–H and O–H groups in total. The lowest BCUT2D eigenvalue weighted by atomic mass is 10.0. The van der Waals surface area contributed by atoms with Crippen LogP contribution < -0.4 is 10.6 Å². The molecule has 0 bridgehead atoms. The second kappa shape index (κ2) is 14.4. The van der Waals surface area contributed by atoms with Gasteiger partial charge in [-0.15, -0.1) is 0 Å². The average Bonchev–Trinajstić information content (AvgIpc) is 3.31. The second-order valence-corrected chi connectivity index (χ2v) is 16.3. The first-order chi connectivity index (χ1) is 21.6. The van der Waals surface area contributed by atoms with Crippen molar-refractivity contribution in [1.29, 1.82) is 0 Å². The Morgan fingerprint density at radius 3 is 1.85 bits per heavy atom. The molecule has 0 spiro atoms. The fraction of sp³-hybridized carbons (Fsp3) is 0.567. The van der Waals surface area contributed by atoms with Crippen molar-refractivity contribution in [2.45, 2.75) is 78.7 Å². The predicted octanol–water partition coefficient (Wildman–Crippen LogP) is 3.86. The summed E-state index contributed by atoms with van der Waals surface area (Å²) in [5.74, 6) is -0.607. The van der Waals surface area contributed by atoms with Gasteiger partial charge in [0.25, 0.3) is 5.91 Å². The number of amides is 4. The van der Waals surface area contributed by atoms with Crippen LogP contribution in [0.4, 0.5) is 20.4 Å². The molecule has 1 saturated heterocycles. The summed E-state index contributed by atoms with van der Waals surface area (Å²) in [7, 11) is -3.36. The minimum Gasteiger partial charge on any atom is -0.465 e. The number of thiazole rings is 1. The van der Waals surface area contributed by atoms with E-state index in [2.05, 4.69) is 15.6 Å². The standard InChI is InChI=1S/C30H45N7O8S2/c1-19(38)31-25-33-22(23(46-25)24(39)34-15-17-35(18-16-34)47(8,44)45)14-11-20-9-12-21(13-10-20)32-26(36(27(40)41)29(2,3)4)37(28(42)43)30(5,6)7/h9-10,12-13,26,32H,11,14-18H2,1-8H3,(H,40,41)(H,42,43)(H,31,33,38). The van der Waals surface area contributed by atoms with Crippen LogP contribution >= 0.6 is 11.3 Å². The maximum absolute atomic E-state index is 13.5. The van der Waals surface area contributed by atoms with Gasteiger partial charge in [0.1, 0.15) is 4.88 Å². The van der Waals surface area contributed by atoms with E-state index in [1.807, 2.05) is 12.1 Å². The molecule has 0 aliphatic carbocycles. The van der Waals surface area contributed by atoms with Crippen LogP contribution in [0.5, 0.6) is 0 Å². The van der Waals surface area contributed by atoms with Gasteiger partial charge in [-0.3, -0.25) is 19.4 Å². The fourth-order valence-electron chi connectivity index (χ4n) is 5.20. The van der Waals surface area contributed by atoms with Gasteiger partial charge in [0.15, 0.2) is 11.4 Å². The highest BCUT2D eigenvalue weighted by Crippen LogP contribution is 2.29. The third-order valence-corrected chi connectivity index (χ3v) is 9.72. The van der Waals surface area contributed by atoms with Crippen molar-refractivity contribution in [3.8, 4) is 0 Å². The number of carbonyl (C=O) groups is 4. The number of anilines is 2. The largest absolute Gasteiger partial charge is 0.465 e. The lowest BCUT2D eigenvalue weighted by Crippen LogP contribution is -2.66. The number of hydrogen-bond acceptors (Lipinski definition) is 9. The summed E-state index contributed by atoms with van der Waals surface area (Å²) in [6, 6.07) is 7.09. The third kappa shape index (κ3) is 9.77. The van der Waals surface area contributed by atoms with Crippen molar-refractivity contribution < 1.29 is 37.8 Å². The molecular weight excluding hydrogens is 651 g/mol. The summed E-state index contributed by atoms with van der Waals surface area (Å²) in [4.78, 5) is 58.6. The number of benzene rings is 1. The molecule has 17 heteroatoms. The number of sulfonamides is 1. The molecule has 1 aromatic heterocycles. The van der Waals surface area contributed by atoms with Crippen molar-refractivity contribution in [3.63, 3.8) is 0 Å². The Balaban J connectivity index is 1.82. The van der Waals surface area contributed by atoms with Crippen LogP contribution in [0.25, 0.3) is 0 Å². The van der Waals surface area contributed by atoms with Crippen molar-refractivity contribution in [2.75, 3.05) is 43.1 Å². The molecule has 1 aliphatic rings. The Bertz CT molecular complexity index is 1540. The minimum atomic E-state index is -3.36. The first-order valence-corrected chi connectivity index (χ1v) is 17.7. The molecule has 0 saturated carbocycles. The van der Waals surface area contributed by atoms with E-state index in [1.54, 1.807) is 58.6 Å². The summed E-state index contributed by atoms with van der Waals surface area (Å²) in [6.07, 6.45) is -1.84. The molecule has 2 heterocycles. The lowest BCUT2D eigenvalue weighted by Gasteiger charge is -2.48. The summed E-state index contributed by atoms with van der Waals surface area (Å²) in [6.45, 7) is 12.3. The highest BCUT2D eigenvalue weighted by molar-refractivity contribution is 7.88. The number of nitrogens with one attached hydrogen (secondary N) is 2. The van der Waals surface area contributed by atoms with E-state index in [0.29, 0.717) is 34.2 Å². The van der Waals surface area contributed by atoms with E-state index in [-0.39, 0.29) is 38.0 Å². The Labute approximate surface area is 279 Å². The van der Waals surface area contributed by atoms with Crippen LogP contribution in [-0.2, 0) is 27.7 Å². The Kier molecular flexibility index (Phi) is 11.5. The number of aromatic nitrogens is 1. The number of rotatable bonds is 10. The number of aryl methyl sites for hydroxylation is 2. The number of piperazine rings is 1. The molecule has 260 valence electrons. The van der Waals surface area contributed by atoms with E-state index in [9.17, 15) is 37.8 Å². The van der Waals surface area contributed by atoms with Gasteiger partial charge in [0.2, 0.25) is 15.9 Å². The van der Waals surface area contributed by atoms with Gasteiger partial charge >= 0.3 is 12.2 Å². The van der Waals surface area contributed by atoms with Crippen LogP contribution in [-0.4, -0.2) is 116 Å². The molecule has 4 amide bonds. The van der Waals surface area contributed by atoms with Crippen LogP contribution in [0.15, 0.2) is 24.3 Å². The summed E-state index contributed by atoms with van der Waals surface area (Å²) in [5, 5.41) is 26.2. The first-order valence-electron chi connectivity index (χ1n) is 15.0. The zero-order chi connectivity index (χ0) is 35.5. The predicted molar refractivity (Wildman–Crippen MR) is 179 cm³/mol. The van der Waals surface area contributed by atoms with Gasteiger partial charge in [0, 0.05) is 49.9 Å². The molecule has 1 fully saturated rings. The maximum atomic E-state index is 13.5. The highest BCUT2D eigenvalue weighted by atomic mass is 32.2. The molecular formula is C30H45N7O8S2. The third-order valence-electron chi connectivity index (χ3n) is 7.42. The van der Waals surface area contributed by atoms with E-state index in [4.69, 9.17) is 0 Å². The van der Waals surface area contributed by atoms with E-state index < -0.39 is 39.6 Å². The van der Waals surface area contributed by atoms with Crippen LogP contribution in [0.2, 0.25) is 0 Å². The highest BCUT2D eigenvalue weighted by Gasteiger charge is 2.43.